The second kappa shape index (κ2) is 6.30. The van der Waals surface area contributed by atoms with Crippen molar-refractivity contribution in [1.29, 1.82) is 0 Å². The van der Waals surface area contributed by atoms with E-state index in [1.807, 2.05) is 30.3 Å². The third kappa shape index (κ3) is 3.13. The van der Waals surface area contributed by atoms with Crippen LogP contribution in [0, 0.1) is 6.92 Å². The van der Waals surface area contributed by atoms with Crippen LogP contribution in [0.25, 0.3) is 15.7 Å². The van der Waals surface area contributed by atoms with E-state index in [-0.39, 0.29) is 17.7 Å². The molecule has 0 atom stereocenters. The lowest BCUT2D eigenvalue weighted by Crippen LogP contribution is -2.15. The molecule has 2 aromatic heterocycles. The van der Waals surface area contributed by atoms with Gasteiger partial charge in [-0.25, -0.2) is 13.4 Å². The summed E-state index contributed by atoms with van der Waals surface area (Å²) in [4.78, 5) is 16.9. The van der Waals surface area contributed by atoms with Crippen LogP contribution in [0.2, 0.25) is 0 Å². The van der Waals surface area contributed by atoms with Gasteiger partial charge in [-0.15, -0.1) is 0 Å². The number of rotatable bonds is 4. The quantitative estimate of drug-likeness (QED) is 0.539. The van der Waals surface area contributed by atoms with E-state index in [1.165, 1.54) is 21.9 Å². The zero-order valence-electron chi connectivity index (χ0n) is 13.9. The summed E-state index contributed by atoms with van der Waals surface area (Å²) in [7, 11) is -3.45. The highest BCUT2D eigenvalue weighted by atomic mass is 32.2. The molecule has 2 heterocycles. The molecule has 4 aromatic rings. The van der Waals surface area contributed by atoms with E-state index in [9.17, 15) is 13.2 Å². The van der Waals surface area contributed by atoms with Crippen LogP contribution in [0.5, 0.6) is 0 Å². The third-order valence-electron chi connectivity index (χ3n) is 4.08. The van der Waals surface area contributed by atoms with E-state index in [1.54, 1.807) is 19.1 Å². The first-order valence-corrected chi connectivity index (χ1v) is 10.5. The van der Waals surface area contributed by atoms with E-state index < -0.39 is 9.84 Å². The second-order valence-corrected chi connectivity index (χ2v) is 9.15. The Labute approximate surface area is 153 Å². The van der Waals surface area contributed by atoms with E-state index >= 15 is 0 Å². The lowest BCUT2D eigenvalue weighted by molar-refractivity contribution is 0.595. The van der Waals surface area contributed by atoms with Crippen molar-refractivity contribution in [2.45, 2.75) is 18.2 Å². The van der Waals surface area contributed by atoms with E-state index in [2.05, 4.69) is 10.1 Å². The summed E-state index contributed by atoms with van der Waals surface area (Å²) >= 11 is 1.24. The molecule has 4 rings (SSSR count). The summed E-state index contributed by atoms with van der Waals surface area (Å²) in [5, 5.41) is 6.66. The molecule has 0 bridgehead atoms. The molecule has 0 amide bonds. The minimum atomic E-state index is -3.45. The minimum Gasteiger partial charge on any atom is -0.267 e. The molecule has 0 aliphatic carbocycles. The molecular weight excluding hydrogens is 370 g/mol. The van der Waals surface area contributed by atoms with Gasteiger partial charge in [0.15, 0.2) is 9.84 Å². The van der Waals surface area contributed by atoms with Crippen molar-refractivity contribution in [2.75, 3.05) is 5.75 Å². The molecule has 0 aliphatic heterocycles. The Morgan fingerprint density at radius 3 is 2.65 bits per heavy atom. The van der Waals surface area contributed by atoms with Crippen LogP contribution in [-0.4, -0.2) is 28.8 Å². The second-order valence-electron chi connectivity index (χ2n) is 6.00. The summed E-state index contributed by atoms with van der Waals surface area (Å²) in [5.74, 6) is -0.0705. The molecule has 0 saturated heterocycles. The fraction of sp³-hybridized carbons (Fsp3) is 0.167. The Bertz CT molecular complexity index is 1290. The number of aryl methyl sites for hydroxylation is 2. The SMILES string of the molecule is Cc1cc(=O)n2nc(CCS(=O)(=O)c3ccc4ccccc4c3)sc2n1. The molecule has 0 unspecified atom stereocenters. The summed E-state index contributed by atoms with van der Waals surface area (Å²) in [6, 6.07) is 14.2. The zero-order valence-corrected chi connectivity index (χ0v) is 15.5. The molecule has 0 fully saturated rings. The van der Waals surface area contributed by atoms with Crippen molar-refractivity contribution in [3.8, 4) is 0 Å². The highest BCUT2D eigenvalue weighted by molar-refractivity contribution is 7.91. The van der Waals surface area contributed by atoms with Crippen molar-refractivity contribution < 1.29 is 8.42 Å². The minimum absolute atomic E-state index is 0.0705. The zero-order chi connectivity index (χ0) is 18.3. The van der Waals surface area contributed by atoms with Gasteiger partial charge in [0.25, 0.3) is 5.56 Å². The van der Waals surface area contributed by atoms with Crippen LogP contribution in [0.15, 0.2) is 58.2 Å². The van der Waals surface area contributed by atoms with Gasteiger partial charge < -0.3 is 0 Å². The van der Waals surface area contributed by atoms with E-state index in [4.69, 9.17) is 0 Å². The van der Waals surface area contributed by atoms with Crippen LogP contribution >= 0.6 is 11.3 Å². The molecule has 0 radical (unpaired) electrons. The largest absolute Gasteiger partial charge is 0.275 e. The molecule has 6 nitrogen and oxygen atoms in total. The van der Waals surface area contributed by atoms with Gasteiger partial charge in [-0.05, 0) is 29.8 Å². The van der Waals surface area contributed by atoms with Crippen molar-refractivity contribution in [3.05, 3.63) is 69.6 Å². The standard InChI is InChI=1S/C18H15N3O3S2/c1-12-10-17(22)21-18(19-12)25-16(20-21)8-9-26(23,24)15-7-6-13-4-2-3-5-14(13)11-15/h2-7,10-11H,8-9H2,1H3. The summed E-state index contributed by atoms with van der Waals surface area (Å²) in [5.41, 5.74) is 0.362. The van der Waals surface area contributed by atoms with Crippen LogP contribution in [-0.2, 0) is 16.3 Å². The lowest BCUT2D eigenvalue weighted by Gasteiger charge is -2.05. The molecule has 8 heteroatoms. The number of aromatic nitrogens is 3. The van der Waals surface area contributed by atoms with Gasteiger partial charge in [0.1, 0.15) is 5.01 Å². The van der Waals surface area contributed by atoms with Crippen LogP contribution in [0.1, 0.15) is 10.7 Å². The average molecular weight is 385 g/mol. The topological polar surface area (TPSA) is 81.4 Å². The fourth-order valence-electron chi connectivity index (χ4n) is 2.76. The third-order valence-corrected chi connectivity index (χ3v) is 6.76. The predicted molar refractivity (Wildman–Crippen MR) is 102 cm³/mol. The van der Waals surface area contributed by atoms with Crippen molar-refractivity contribution in [3.63, 3.8) is 0 Å². The van der Waals surface area contributed by atoms with Crippen LogP contribution in [0.4, 0.5) is 0 Å². The highest BCUT2D eigenvalue weighted by Gasteiger charge is 2.17. The Morgan fingerprint density at radius 1 is 1.08 bits per heavy atom. The van der Waals surface area contributed by atoms with Crippen molar-refractivity contribution >= 4 is 36.9 Å². The van der Waals surface area contributed by atoms with Gasteiger partial charge in [0.05, 0.1) is 10.6 Å². The Hall–Kier alpha value is -2.58. The maximum atomic E-state index is 12.7. The van der Waals surface area contributed by atoms with Gasteiger partial charge in [-0.3, -0.25) is 4.79 Å². The number of sulfone groups is 1. The van der Waals surface area contributed by atoms with E-state index in [0.29, 0.717) is 20.6 Å². The molecule has 0 saturated carbocycles. The normalized spacial score (nSPS) is 12.0. The van der Waals surface area contributed by atoms with Crippen molar-refractivity contribution in [1.82, 2.24) is 14.6 Å². The Kier molecular flexibility index (Phi) is 4.08. The smallest absolute Gasteiger partial charge is 0.267 e. The van der Waals surface area contributed by atoms with Crippen LogP contribution < -0.4 is 5.56 Å². The molecule has 132 valence electrons. The number of fused-ring (bicyclic) bond motifs is 2. The number of benzene rings is 2. The Morgan fingerprint density at radius 2 is 1.85 bits per heavy atom. The first-order valence-electron chi connectivity index (χ1n) is 8.00. The Balaban J connectivity index is 1.61. The number of hydrogen-bond donors (Lipinski definition) is 0. The van der Waals surface area contributed by atoms with Gasteiger partial charge in [0, 0.05) is 18.2 Å². The number of hydrogen-bond acceptors (Lipinski definition) is 6. The maximum absolute atomic E-state index is 12.7. The first-order chi connectivity index (χ1) is 12.4. The predicted octanol–water partition coefficient (Wildman–Crippen LogP) is 2.63. The maximum Gasteiger partial charge on any atom is 0.275 e. The van der Waals surface area contributed by atoms with Gasteiger partial charge in [-0.2, -0.15) is 9.61 Å². The summed E-state index contributed by atoms with van der Waals surface area (Å²) in [6.45, 7) is 1.74. The van der Waals surface area contributed by atoms with Crippen molar-refractivity contribution in [2.24, 2.45) is 0 Å². The highest BCUT2D eigenvalue weighted by Crippen LogP contribution is 2.21. The van der Waals surface area contributed by atoms with Gasteiger partial charge in [-0.1, -0.05) is 41.7 Å². The summed E-state index contributed by atoms with van der Waals surface area (Å²) < 4.78 is 26.6. The average Bonchev–Trinajstić information content (AvgIpc) is 3.03. The fourth-order valence-corrected chi connectivity index (χ4v) is 5.11. The van der Waals surface area contributed by atoms with Crippen LogP contribution in [0.3, 0.4) is 0 Å². The molecule has 0 N–H and O–H groups in total. The summed E-state index contributed by atoms with van der Waals surface area (Å²) in [6.07, 6.45) is 0.238. The lowest BCUT2D eigenvalue weighted by atomic mass is 10.1. The van der Waals surface area contributed by atoms with E-state index in [0.717, 1.165) is 10.8 Å². The van der Waals surface area contributed by atoms with Gasteiger partial charge >= 0.3 is 0 Å². The molecule has 0 spiro atoms. The molecular formula is C18H15N3O3S2. The molecule has 26 heavy (non-hydrogen) atoms. The number of nitrogens with zero attached hydrogens (tertiary/aromatic N) is 3. The monoisotopic (exact) mass is 385 g/mol. The molecule has 0 aliphatic rings. The first kappa shape index (κ1) is 16.9. The molecule has 2 aromatic carbocycles. The van der Waals surface area contributed by atoms with Gasteiger partial charge in [0.2, 0.25) is 4.96 Å².